The number of carbonyl (C=O) groups is 1. The molecule has 10 heteroatoms. The van der Waals surface area contributed by atoms with Crippen molar-refractivity contribution in [2.24, 2.45) is 0 Å². The van der Waals surface area contributed by atoms with Gasteiger partial charge in [0.2, 0.25) is 0 Å². The van der Waals surface area contributed by atoms with Crippen LogP contribution >= 0.6 is 6.98 Å². The summed E-state index contributed by atoms with van der Waals surface area (Å²) in [5.41, 5.74) is 0. The molecule has 1 aliphatic rings. The Morgan fingerprint density at radius 1 is 1.18 bits per heavy atom. The van der Waals surface area contributed by atoms with Crippen LogP contribution in [0.4, 0.5) is 26.3 Å². The van der Waals surface area contributed by atoms with E-state index in [1.54, 1.807) is 0 Å². The van der Waals surface area contributed by atoms with Crippen LogP contribution in [-0.2, 0) is 9.32 Å². The number of hydrogen-bond acceptors (Lipinski definition) is 3. The minimum atomic E-state index is -7.05. The van der Waals surface area contributed by atoms with Crippen LogP contribution in [0.15, 0.2) is 0 Å². The summed E-state index contributed by atoms with van der Waals surface area (Å²) in [6.45, 7) is -8.28. The third kappa shape index (κ3) is 1.45. The van der Waals surface area contributed by atoms with E-state index in [0.717, 1.165) is 0 Å². The molecule has 1 heterocycles. The van der Waals surface area contributed by atoms with Crippen molar-refractivity contribution in [2.75, 3.05) is 20.2 Å². The molecule has 102 valence electrons. The van der Waals surface area contributed by atoms with Crippen LogP contribution in [0, 0.1) is 0 Å². The van der Waals surface area contributed by atoms with Gasteiger partial charge in [-0.15, -0.1) is 0 Å². The Hall–Kier alpha value is -0.400. The fraction of sp³-hybridized carbons (Fsp3) is 0.857. The second-order valence-electron chi connectivity index (χ2n) is 3.66. The standard InChI is InChI=1S/C7H10F6NO2P/c1-14-3-2-4-16-17(14,5-15,6(8,9)10)7(11,12)13/h5H,2-4H2,1H3. The van der Waals surface area contributed by atoms with Gasteiger partial charge in [-0.3, -0.25) is 0 Å². The number of rotatable bonds is 1. The van der Waals surface area contributed by atoms with Crippen molar-refractivity contribution >= 4 is 13.0 Å². The van der Waals surface area contributed by atoms with Gasteiger partial charge in [-0.1, -0.05) is 0 Å². The number of hydrogen-bond donors (Lipinski definition) is 0. The van der Waals surface area contributed by atoms with Gasteiger partial charge in [-0.25, -0.2) is 0 Å². The first-order valence-corrected chi connectivity index (χ1v) is 6.69. The zero-order valence-electron chi connectivity index (χ0n) is 8.68. The van der Waals surface area contributed by atoms with Crippen molar-refractivity contribution in [2.45, 2.75) is 18.3 Å². The summed E-state index contributed by atoms with van der Waals surface area (Å²) in [6.07, 6.45) is 0.00833. The van der Waals surface area contributed by atoms with Crippen molar-refractivity contribution in [3.8, 4) is 0 Å². The van der Waals surface area contributed by atoms with E-state index in [0.29, 0.717) is 7.05 Å². The molecule has 0 radical (unpaired) electrons. The molecule has 0 unspecified atom stereocenters. The third-order valence-corrected chi connectivity index (χ3v) is 7.44. The maximum absolute atomic E-state index is 12.9. The number of nitrogens with zero attached hydrogens (tertiary/aromatic N) is 1. The molecule has 0 spiro atoms. The summed E-state index contributed by atoms with van der Waals surface area (Å²) in [5.74, 6) is -11.6. The van der Waals surface area contributed by atoms with Gasteiger partial charge in [0.1, 0.15) is 0 Å². The summed E-state index contributed by atoms with van der Waals surface area (Å²) in [5, 5.41) is 0. The van der Waals surface area contributed by atoms with E-state index in [1.165, 1.54) is 0 Å². The van der Waals surface area contributed by atoms with Crippen molar-refractivity contribution in [3.63, 3.8) is 0 Å². The van der Waals surface area contributed by atoms with Gasteiger partial charge >= 0.3 is 91.8 Å². The summed E-state index contributed by atoms with van der Waals surface area (Å²) >= 11 is 0. The third-order valence-electron chi connectivity index (χ3n) is 2.83. The van der Waals surface area contributed by atoms with Gasteiger partial charge in [0.05, 0.1) is 0 Å². The van der Waals surface area contributed by atoms with Crippen molar-refractivity contribution < 1.29 is 35.7 Å². The Kier molecular flexibility index (Phi) is 3.27. The molecular weight excluding hydrogens is 275 g/mol. The fourth-order valence-electron chi connectivity index (χ4n) is 1.75. The van der Waals surface area contributed by atoms with Crippen LogP contribution in [0.2, 0.25) is 0 Å². The fourth-order valence-corrected chi connectivity index (χ4v) is 4.80. The van der Waals surface area contributed by atoms with E-state index in [9.17, 15) is 31.1 Å². The second-order valence-corrected chi connectivity index (χ2v) is 7.94. The Bertz CT molecular complexity index is 313. The predicted molar refractivity (Wildman–Crippen MR) is 49.0 cm³/mol. The van der Waals surface area contributed by atoms with Crippen LogP contribution in [0.3, 0.4) is 0 Å². The summed E-state index contributed by atoms with van der Waals surface area (Å²) in [7, 11) is 0.617. The first kappa shape index (κ1) is 14.7. The van der Waals surface area contributed by atoms with Crippen molar-refractivity contribution in [1.29, 1.82) is 0 Å². The first-order chi connectivity index (χ1) is 7.53. The molecule has 3 nitrogen and oxygen atoms in total. The van der Waals surface area contributed by atoms with Crippen LogP contribution in [0.25, 0.3) is 0 Å². The Balaban J connectivity index is 3.60. The molecule has 0 aromatic heterocycles. The van der Waals surface area contributed by atoms with Crippen LogP contribution < -0.4 is 0 Å². The van der Waals surface area contributed by atoms with Crippen LogP contribution in [0.1, 0.15) is 6.42 Å². The molecule has 0 aliphatic carbocycles. The van der Waals surface area contributed by atoms with Gasteiger partial charge in [0.25, 0.3) is 0 Å². The monoisotopic (exact) mass is 285 g/mol. The average Bonchev–Trinajstić information content (AvgIpc) is 2.15. The van der Waals surface area contributed by atoms with E-state index in [2.05, 4.69) is 4.52 Å². The summed E-state index contributed by atoms with van der Waals surface area (Å²) < 4.78 is 81.7. The van der Waals surface area contributed by atoms with E-state index in [4.69, 9.17) is 0 Å². The molecule has 0 N–H and O–H groups in total. The van der Waals surface area contributed by atoms with E-state index in [-0.39, 0.29) is 11.1 Å². The molecule has 0 atom stereocenters. The SMILES string of the molecule is CN1CCCOP1(C=O)(C(F)(F)F)C(F)(F)F. The molecule has 17 heavy (non-hydrogen) atoms. The molecule has 0 amide bonds. The van der Waals surface area contributed by atoms with Gasteiger partial charge in [0.15, 0.2) is 0 Å². The Morgan fingerprint density at radius 2 is 1.65 bits per heavy atom. The Labute approximate surface area is 92.8 Å². The second kappa shape index (κ2) is 3.80. The predicted octanol–water partition coefficient (Wildman–Crippen LogP) is 2.95. The average molecular weight is 285 g/mol. The molecule has 1 aliphatic heterocycles. The van der Waals surface area contributed by atoms with E-state index in [1.807, 2.05) is 0 Å². The number of carbonyl (C=O) groups excluding carboxylic acids is 1. The van der Waals surface area contributed by atoms with E-state index < -0.39 is 38.0 Å². The number of halogens is 6. The Morgan fingerprint density at radius 3 is 1.88 bits per heavy atom. The zero-order valence-corrected chi connectivity index (χ0v) is 9.57. The molecular formula is C7H10F6NO2P. The van der Waals surface area contributed by atoms with Gasteiger partial charge < -0.3 is 0 Å². The van der Waals surface area contributed by atoms with Gasteiger partial charge in [-0.05, 0) is 0 Å². The molecule has 0 aromatic carbocycles. The quantitative estimate of drug-likeness (QED) is 0.421. The van der Waals surface area contributed by atoms with Crippen LogP contribution in [0.5, 0.6) is 0 Å². The molecule has 1 saturated heterocycles. The number of alkyl halides is 6. The topological polar surface area (TPSA) is 29.5 Å². The molecule has 0 saturated carbocycles. The van der Waals surface area contributed by atoms with Crippen molar-refractivity contribution in [1.82, 2.24) is 4.67 Å². The van der Waals surface area contributed by atoms with E-state index >= 15 is 0 Å². The molecule has 0 aromatic rings. The maximum atomic E-state index is 12.9. The normalized spacial score (nSPS) is 28.1. The summed E-state index contributed by atoms with van der Waals surface area (Å²) in [6, 6.07) is -1.08. The molecule has 1 fully saturated rings. The van der Waals surface area contributed by atoms with Gasteiger partial charge in [0, 0.05) is 0 Å². The minimum absolute atomic E-state index is 0.00833. The van der Waals surface area contributed by atoms with Crippen LogP contribution in [-0.4, -0.2) is 42.7 Å². The van der Waals surface area contributed by atoms with Crippen molar-refractivity contribution in [3.05, 3.63) is 0 Å². The molecule has 0 bridgehead atoms. The van der Waals surface area contributed by atoms with Gasteiger partial charge in [-0.2, -0.15) is 0 Å². The molecule has 1 rings (SSSR count). The first-order valence-electron chi connectivity index (χ1n) is 4.51. The zero-order chi connectivity index (χ0) is 13.6. The summed E-state index contributed by atoms with van der Waals surface area (Å²) in [4.78, 5) is 10.8.